The Labute approximate surface area is 164 Å². The summed E-state index contributed by atoms with van der Waals surface area (Å²) in [5.41, 5.74) is 2.58. The summed E-state index contributed by atoms with van der Waals surface area (Å²) in [6.45, 7) is 1.79. The van der Waals surface area contributed by atoms with Crippen LogP contribution in [0.15, 0.2) is 48.5 Å². The summed E-state index contributed by atoms with van der Waals surface area (Å²) < 4.78 is 0. The highest BCUT2D eigenvalue weighted by Crippen LogP contribution is 2.33. The number of nitrogens with one attached hydrogen (secondary N) is 1. The number of hydrogen-bond acceptors (Lipinski definition) is 3. The molecule has 0 radical (unpaired) electrons. The topological polar surface area (TPSA) is 52.7 Å². The fraction of sp³-hybridized carbons (Fsp3) is 0.333. The first-order valence-electron chi connectivity index (χ1n) is 9.01. The number of amides is 2. The van der Waals surface area contributed by atoms with Gasteiger partial charge < -0.3 is 15.1 Å². The Morgan fingerprint density at radius 2 is 1.93 bits per heavy atom. The lowest BCUT2D eigenvalue weighted by molar-refractivity contribution is -0.135. The molecule has 1 N–H and O–H groups in total. The molecule has 0 saturated carbocycles. The molecule has 0 spiro atoms. The van der Waals surface area contributed by atoms with Gasteiger partial charge in [0.05, 0.1) is 5.92 Å². The molecule has 0 fully saturated rings. The van der Waals surface area contributed by atoms with Crippen LogP contribution in [0.4, 0.5) is 5.69 Å². The second-order valence-electron chi connectivity index (χ2n) is 7.09. The maximum atomic E-state index is 13.4. The maximum absolute atomic E-state index is 13.4. The second kappa shape index (κ2) is 8.55. The van der Waals surface area contributed by atoms with Crippen molar-refractivity contribution in [2.45, 2.75) is 18.9 Å². The van der Waals surface area contributed by atoms with Gasteiger partial charge in [-0.1, -0.05) is 41.9 Å². The van der Waals surface area contributed by atoms with E-state index in [-0.39, 0.29) is 18.2 Å². The second-order valence-corrected chi connectivity index (χ2v) is 7.52. The Bertz CT molecular complexity index is 838. The Kier molecular flexibility index (Phi) is 6.14. The van der Waals surface area contributed by atoms with Crippen molar-refractivity contribution in [2.75, 3.05) is 32.5 Å². The van der Waals surface area contributed by atoms with Gasteiger partial charge in [-0.15, -0.1) is 0 Å². The molecule has 1 heterocycles. The van der Waals surface area contributed by atoms with Crippen molar-refractivity contribution in [1.82, 2.24) is 9.80 Å². The zero-order chi connectivity index (χ0) is 19.4. The minimum Gasteiger partial charge on any atom is -0.337 e. The third-order valence-electron chi connectivity index (χ3n) is 4.69. The highest BCUT2D eigenvalue weighted by molar-refractivity contribution is 6.30. The lowest BCUT2D eigenvalue weighted by Gasteiger charge is -2.31. The molecule has 6 heteroatoms. The number of para-hydroxylation sites is 1. The monoisotopic (exact) mass is 385 g/mol. The van der Waals surface area contributed by atoms with Gasteiger partial charge in [-0.05, 0) is 43.4 Å². The molecule has 2 aromatic rings. The first-order chi connectivity index (χ1) is 12.9. The summed E-state index contributed by atoms with van der Waals surface area (Å²) in [6.07, 6.45) is 0.170. The normalized spacial score (nSPS) is 16.0. The van der Waals surface area contributed by atoms with Gasteiger partial charge in [-0.2, -0.15) is 0 Å². The van der Waals surface area contributed by atoms with Crippen LogP contribution in [0.2, 0.25) is 5.02 Å². The Morgan fingerprint density at radius 3 is 2.67 bits per heavy atom. The molecule has 1 unspecified atom stereocenters. The van der Waals surface area contributed by atoms with Crippen molar-refractivity contribution >= 4 is 29.1 Å². The molecule has 0 bridgehead atoms. The number of nitrogens with zero attached hydrogens (tertiary/aromatic N) is 2. The zero-order valence-electron chi connectivity index (χ0n) is 15.6. The van der Waals surface area contributed by atoms with E-state index in [0.717, 1.165) is 23.4 Å². The molecule has 0 aliphatic carbocycles. The molecule has 1 aliphatic rings. The molecule has 0 saturated heterocycles. The Hall–Kier alpha value is -2.37. The van der Waals surface area contributed by atoms with Crippen molar-refractivity contribution in [3.05, 3.63) is 64.7 Å². The van der Waals surface area contributed by atoms with Crippen LogP contribution in [-0.2, 0) is 16.1 Å². The fourth-order valence-electron chi connectivity index (χ4n) is 3.30. The van der Waals surface area contributed by atoms with E-state index in [1.165, 1.54) is 0 Å². The van der Waals surface area contributed by atoms with Crippen molar-refractivity contribution in [2.24, 2.45) is 0 Å². The third kappa shape index (κ3) is 4.87. The van der Waals surface area contributed by atoms with Gasteiger partial charge in [0.15, 0.2) is 0 Å². The molecular formula is C21H24ClN3O2. The van der Waals surface area contributed by atoms with Crippen molar-refractivity contribution in [3.8, 4) is 0 Å². The van der Waals surface area contributed by atoms with Crippen LogP contribution >= 0.6 is 11.6 Å². The number of carbonyl (C=O) groups is 2. The Morgan fingerprint density at radius 1 is 1.15 bits per heavy atom. The number of benzene rings is 2. The SMILES string of the molecule is CN(C)CCN(Cc1cccc(Cl)c1)C(=O)C1CC(=O)Nc2ccccc21. The van der Waals surface area contributed by atoms with Gasteiger partial charge in [-0.25, -0.2) is 0 Å². The van der Waals surface area contributed by atoms with Gasteiger partial charge in [-0.3, -0.25) is 9.59 Å². The molecule has 27 heavy (non-hydrogen) atoms. The molecule has 2 amide bonds. The lowest BCUT2D eigenvalue weighted by atomic mass is 9.89. The lowest BCUT2D eigenvalue weighted by Crippen LogP contribution is -2.41. The first-order valence-corrected chi connectivity index (χ1v) is 9.38. The highest BCUT2D eigenvalue weighted by atomic mass is 35.5. The van der Waals surface area contributed by atoms with Crippen LogP contribution in [0.25, 0.3) is 0 Å². The number of carbonyl (C=O) groups excluding carboxylic acids is 2. The first kappa shape index (κ1) is 19.4. The standard InChI is InChI=1S/C21H24ClN3O2/c1-24(2)10-11-25(14-15-6-5-7-16(22)12-15)21(27)18-13-20(26)23-19-9-4-3-8-17(18)19/h3-9,12,18H,10-11,13-14H2,1-2H3,(H,23,26). The van der Waals surface area contributed by atoms with E-state index in [0.29, 0.717) is 18.1 Å². The van der Waals surface area contributed by atoms with E-state index in [2.05, 4.69) is 5.32 Å². The number of rotatable bonds is 6. The van der Waals surface area contributed by atoms with Gasteiger partial charge in [0.25, 0.3) is 0 Å². The van der Waals surface area contributed by atoms with Gasteiger partial charge in [0.1, 0.15) is 0 Å². The van der Waals surface area contributed by atoms with E-state index < -0.39 is 5.92 Å². The van der Waals surface area contributed by atoms with Crippen molar-refractivity contribution in [1.29, 1.82) is 0 Å². The van der Waals surface area contributed by atoms with Crippen LogP contribution in [0.3, 0.4) is 0 Å². The van der Waals surface area contributed by atoms with Gasteiger partial charge in [0, 0.05) is 36.8 Å². The maximum Gasteiger partial charge on any atom is 0.231 e. The van der Waals surface area contributed by atoms with E-state index in [1.807, 2.05) is 72.4 Å². The molecule has 0 aromatic heterocycles. The fourth-order valence-corrected chi connectivity index (χ4v) is 3.51. The number of hydrogen-bond donors (Lipinski definition) is 1. The van der Waals surface area contributed by atoms with Crippen molar-refractivity contribution < 1.29 is 9.59 Å². The quantitative estimate of drug-likeness (QED) is 0.829. The summed E-state index contributed by atoms with van der Waals surface area (Å²) in [6, 6.07) is 15.1. The predicted octanol–water partition coefficient (Wildman–Crippen LogP) is 3.36. The Balaban J connectivity index is 1.87. The number of fused-ring (bicyclic) bond motifs is 1. The van der Waals surface area contributed by atoms with E-state index >= 15 is 0 Å². The summed E-state index contributed by atoms with van der Waals surface area (Å²) in [4.78, 5) is 29.4. The molecule has 3 rings (SSSR count). The van der Waals surface area contributed by atoms with Gasteiger partial charge >= 0.3 is 0 Å². The number of anilines is 1. The highest BCUT2D eigenvalue weighted by Gasteiger charge is 2.33. The molecule has 142 valence electrons. The van der Waals surface area contributed by atoms with E-state index in [1.54, 1.807) is 0 Å². The van der Waals surface area contributed by atoms with Crippen LogP contribution in [-0.4, -0.2) is 48.8 Å². The van der Waals surface area contributed by atoms with Crippen LogP contribution in [0.5, 0.6) is 0 Å². The minimum absolute atomic E-state index is 0.0286. The molecular weight excluding hydrogens is 362 g/mol. The van der Waals surface area contributed by atoms with E-state index in [9.17, 15) is 9.59 Å². The minimum atomic E-state index is -0.462. The summed E-state index contributed by atoms with van der Waals surface area (Å²) in [7, 11) is 3.96. The predicted molar refractivity (Wildman–Crippen MR) is 108 cm³/mol. The van der Waals surface area contributed by atoms with Gasteiger partial charge in [0.2, 0.25) is 11.8 Å². The molecule has 1 atom stereocenters. The van der Waals surface area contributed by atoms with Crippen LogP contribution in [0.1, 0.15) is 23.5 Å². The van der Waals surface area contributed by atoms with Crippen LogP contribution < -0.4 is 5.32 Å². The summed E-state index contributed by atoms with van der Waals surface area (Å²) in [5.74, 6) is -0.613. The number of halogens is 1. The van der Waals surface area contributed by atoms with Crippen LogP contribution in [0, 0.1) is 0 Å². The van der Waals surface area contributed by atoms with Crippen molar-refractivity contribution in [3.63, 3.8) is 0 Å². The smallest absolute Gasteiger partial charge is 0.231 e. The third-order valence-corrected chi connectivity index (χ3v) is 4.92. The summed E-state index contributed by atoms with van der Waals surface area (Å²) >= 11 is 6.11. The summed E-state index contributed by atoms with van der Waals surface area (Å²) in [5, 5.41) is 3.50. The van der Waals surface area contributed by atoms with E-state index in [4.69, 9.17) is 11.6 Å². The molecule has 2 aromatic carbocycles. The number of likely N-dealkylation sites (N-methyl/N-ethyl adjacent to an activating group) is 1. The largest absolute Gasteiger partial charge is 0.337 e. The molecule has 5 nitrogen and oxygen atoms in total. The molecule has 1 aliphatic heterocycles. The average molecular weight is 386 g/mol. The zero-order valence-corrected chi connectivity index (χ0v) is 16.4. The average Bonchev–Trinajstić information content (AvgIpc) is 2.63.